The van der Waals surface area contributed by atoms with Crippen molar-refractivity contribution in [1.29, 1.82) is 0 Å². The predicted octanol–water partition coefficient (Wildman–Crippen LogP) is 4.68. The number of hydrogen-bond acceptors (Lipinski definition) is 7. The Bertz CT molecular complexity index is 967. The minimum absolute atomic E-state index is 0.135. The van der Waals surface area contributed by atoms with Crippen molar-refractivity contribution in [3.05, 3.63) is 73.7 Å². The normalized spacial score (nSPS) is 10.6. The van der Waals surface area contributed by atoms with Gasteiger partial charge in [0.15, 0.2) is 4.34 Å². The van der Waals surface area contributed by atoms with Gasteiger partial charge in [-0.15, -0.1) is 11.3 Å². The molecule has 8 heteroatoms. The van der Waals surface area contributed by atoms with Gasteiger partial charge in [-0.3, -0.25) is 4.79 Å². The number of ether oxygens (including phenoxy) is 1. The smallest absolute Gasteiger partial charge is 0.343 e. The Morgan fingerprint density at radius 3 is 2.92 bits per heavy atom. The maximum Gasteiger partial charge on any atom is 0.343 e. The number of carbonyl (C=O) groups excluding carboxylic acids is 1. The molecular weight excluding hydrogens is 426 g/mol. The average Bonchev–Trinajstić information content (AvgIpc) is 3.00. The highest BCUT2D eigenvalue weighted by Gasteiger charge is 2.13. The van der Waals surface area contributed by atoms with Crippen molar-refractivity contribution >= 4 is 45.0 Å². The summed E-state index contributed by atoms with van der Waals surface area (Å²) in [7, 11) is 0. The number of esters is 1. The number of rotatable bonds is 5. The first-order valence-corrected chi connectivity index (χ1v) is 9.81. The highest BCUT2D eigenvalue weighted by atomic mass is 79.9. The van der Waals surface area contributed by atoms with Crippen LogP contribution in [0.15, 0.2) is 60.0 Å². The summed E-state index contributed by atoms with van der Waals surface area (Å²) in [6.07, 6.45) is 1.17. The molecule has 0 aliphatic heterocycles. The molecule has 3 aromatic rings. The fraction of sp³-hybridized carbons (Fsp3) is 0.118. The van der Waals surface area contributed by atoms with Crippen LogP contribution in [0.25, 0.3) is 0 Å². The molecule has 0 N–H and O–H groups in total. The maximum atomic E-state index is 12.1. The molecule has 0 saturated carbocycles. The van der Waals surface area contributed by atoms with Crippen molar-refractivity contribution < 1.29 is 13.9 Å². The first kappa shape index (κ1) is 17.9. The van der Waals surface area contributed by atoms with Gasteiger partial charge >= 0.3 is 5.97 Å². The Morgan fingerprint density at radius 2 is 2.24 bits per heavy atom. The Labute approximate surface area is 160 Å². The van der Waals surface area contributed by atoms with Crippen LogP contribution in [0.5, 0.6) is 5.75 Å². The molecular formula is C17H12BrNO4S2. The maximum absolute atomic E-state index is 12.1. The van der Waals surface area contributed by atoms with Gasteiger partial charge in [0.1, 0.15) is 12.0 Å². The molecule has 2 aromatic heterocycles. The second-order valence-corrected chi connectivity index (χ2v) is 8.01. The standard InChI is InChI=1S/C17H12BrNO4S2/c1-10-8-24-17(19-10)25-9-13-6-14(20)15(7-22-13)23-16(21)11-3-2-4-12(18)5-11/h2-8H,9H2,1H3. The van der Waals surface area contributed by atoms with E-state index in [1.807, 2.05) is 12.3 Å². The van der Waals surface area contributed by atoms with Crippen LogP contribution in [0.2, 0.25) is 0 Å². The number of thiazole rings is 1. The topological polar surface area (TPSA) is 69.4 Å². The molecule has 3 rings (SSSR count). The fourth-order valence-corrected chi connectivity index (χ4v) is 4.03. The summed E-state index contributed by atoms with van der Waals surface area (Å²) >= 11 is 6.31. The van der Waals surface area contributed by atoms with Gasteiger partial charge < -0.3 is 9.15 Å². The molecule has 0 spiro atoms. The summed E-state index contributed by atoms with van der Waals surface area (Å²) in [5.74, 6) is 0.213. The fourth-order valence-electron chi connectivity index (χ4n) is 1.89. The van der Waals surface area contributed by atoms with Crippen molar-refractivity contribution in [3.8, 4) is 5.75 Å². The minimum atomic E-state index is -0.617. The number of carbonyl (C=O) groups is 1. The first-order valence-electron chi connectivity index (χ1n) is 7.15. The van der Waals surface area contributed by atoms with E-state index in [0.29, 0.717) is 17.1 Å². The van der Waals surface area contributed by atoms with E-state index in [1.54, 1.807) is 35.6 Å². The lowest BCUT2D eigenvalue weighted by molar-refractivity contribution is 0.0728. The molecule has 128 valence electrons. The summed E-state index contributed by atoms with van der Waals surface area (Å²) in [5.41, 5.74) is 0.900. The number of halogens is 1. The Balaban J connectivity index is 1.67. The second kappa shape index (κ2) is 7.99. The summed E-state index contributed by atoms with van der Waals surface area (Å²) in [6.45, 7) is 1.93. The number of nitrogens with zero attached hydrogens (tertiary/aromatic N) is 1. The molecule has 0 aliphatic rings. The Hall–Kier alpha value is -1.90. The van der Waals surface area contributed by atoms with Gasteiger partial charge in [0, 0.05) is 21.6 Å². The second-order valence-electron chi connectivity index (χ2n) is 5.02. The van der Waals surface area contributed by atoms with Crippen LogP contribution in [-0.4, -0.2) is 11.0 Å². The zero-order valence-corrected chi connectivity index (χ0v) is 16.2. The lowest BCUT2D eigenvalue weighted by Gasteiger charge is -2.04. The van der Waals surface area contributed by atoms with Crippen LogP contribution >= 0.6 is 39.0 Å². The van der Waals surface area contributed by atoms with Crippen molar-refractivity contribution in [2.75, 3.05) is 0 Å². The highest BCUT2D eigenvalue weighted by Crippen LogP contribution is 2.26. The van der Waals surface area contributed by atoms with Gasteiger partial charge in [-0.2, -0.15) is 0 Å². The van der Waals surface area contributed by atoms with Crippen molar-refractivity contribution in [3.63, 3.8) is 0 Å². The van der Waals surface area contributed by atoms with Gasteiger partial charge in [-0.25, -0.2) is 9.78 Å². The number of thioether (sulfide) groups is 1. The van der Waals surface area contributed by atoms with Crippen molar-refractivity contribution in [1.82, 2.24) is 4.98 Å². The lowest BCUT2D eigenvalue weighted by Crippen LogP contribution is -2.14. The molecule has 0 fully saturated rings. The number of benzene rings is 1. The third kappa shape index (κ3) is 4.81. The van der Waals surface area contributed by atoms with E-state index in [1.165, 1.54) is 24.1 Å². The molecule has 0 aliphatic carbocycles. The molecule has 0 amide bonds. The SMILES string of the molecule is Cc1csc(SCc2cc(=O)c(OC(=O)c3cccc(Br)c3)co2)n1. The quantitative estimate of drug-likeness (QED) is 0.426. The molecule has 2 heterocycles. The van der Waals surface area contributed by atoms with E-state index < -0.39 is 11.4 Å². The zero-order valence-electron chi connectivity index (χ0n) is 13.0. The number of hydrogen-bond donors (Lipinski definition) is 0. The van der Waals surface area contributed by atoms with E-state index in [-0.39, 0.29) is 5.75 Å². The largest absolute Gasteiger partial charge is 0.464 e. The van der Waals surface area contributed by atoms with E-state index in [4.69, 9.17) is 9.15 Å². The summed E-state index contributed by atoms with van der Waals surface area (Å²) in [5, 5.41) is 1.96. The van der Waals surface area contributed by atoms with Gasteiger partial charge in [-0.1, -0.05) is 33.8 Å². The van der Waals surface area contributed by atoms with Gasteiger partial charge in [-0.05, 0) is 25.1 Å². The van der Waals surface area contributed by atoms with Gasteiger partial charge in [0.25, 0.3) is 0 Å². The van der Waals surface area contributed by atoms with Crippen LogP contribution in [0.4, 0.5) is 0 Å². The van der Waals surface area contributed by atoms with E-state index in [0.717, 1.165) is 14.5 Å². The minimum Gasteiger partial charge on any atom is -0.464 e. The monoisotopic (exact) mass is 437 g/mol. The summed E-state index contributed by atoms with van der Waals surface area (Å²) in [6, 6.07) is 8.06. The van der Waals surface area contributed by atoms with E-state index in [9.17, 15) is 9.59 Å². The number of aromatic nitrogens is 1. The van der Waals surface area contributed by atoms with Crippen LogP contribution in [0.3, 0.4) is 0 Å². The Morgan fingerprint density at radius 1 is 1.40 bits per heavy atom. The molecule has 0 atom stereocenters. The summed E-state index contributed by atoms with van der Waals surface area (Å²) in [4.78, 5) is 28.5. The molecule has 0 radical (unpaired) electrons. The Kier molecular flexibility index (Phi) is 5.72. The van der Waals surface area contributed by atoms with Gasteiger partial charge in [0.05, 0.1) is 11.3 Å². The average molecular weight is 438 g/mol. The van der Waals surface area contributed by atoms with Gasteiger partial charge in [0.2, 0.25) is 11.2 Å². The third-order valence-corrected chi connectivity index (χ3v) is 5.71. The van der Waals surface area contributed by atoms with E-state index >= 15 is 0 Å². The number of aryl methyl sites for hydroxylation is 1. The van der Waals surface area contributed by atoms with Crippen LogP contribution in [0, 0.1) is 6.92 Å². The van der Waals surface area contributed by atoms with Crippen LogP contribution in [-0.2, 0) is 5.75 Å². The summed E-state index contributed by atoms with van der Waals surface area (Å²) < 4.78 is 12.2. The zero-order chi connectivity index (χ0) is 17.8. The molecule has 0 bridgehead atoms. The molecule has 25 heavy (non-hydrogen) atoms. The molecule has 0 saturated heterocycles. The molecule has 1 aromatic carbocycles. The lowest BCUT2D eigenvalue weighted by atomic mass is 10.2. The van der Waals surface area contributed by atoms with Crippen LogP contribution in [0.1, 0.15) is 21.8 Å². The van der Waals surface area contributed by atoms with Crippen molar-refractivity contribution in [2.24, 2.45) is 0 Å². The van der Waals surface area contributed by atoms with Crippen molar-refractivity contribution in [2.45, 2.75) is 17.0 Å². The predicted molar refractivity (Wildman–Crippen MR) is 100 cm³/mol. The third-order valence-electron chi connectivity index (χ3n) is 3.05. The highest BCUT2D eigenvalue weighted by molar-refractivity contribution is 9.10. The van der Waals surface area contributed by atoms with E-state index in [2.05, 4.69) is 20.9 Å². The molecule has 5 nitrogen and oxygen atoms in total. The van der Waals surface area contributed by atoms with Crippen LogP contribution < -0.4 is 10.2 Å². The molecule has 0 unspecified atom stereocenters. The first-order chi connectivity index (χ1) is 12.0.